The van der Waals surface area contributed by atoms with Gasteiger partial charge in [0.2, 0.25) is 11.8 Å². The Balaban J connectivity index is 2.08. The lowest BCUT2D eigenvalue weighted by Gasteiger charge is -2.25. The first-order valence-corrected chi connectivity index (χ1v) is 5.04. The third kappa shape index (κ3) is 0.704. The van der Waals surface area contributed by atoms with Crippen LogP contribution >= 0.6 is 0 Å². The molecule has 3 aliphatic rings. The van der Waals surface area contributed by atoms with E-state index in [1.165, 1.54) is 4.90 Å². The van der Waals surface area contributed by atoms with Crippen molar-refractivity contribution < 1.29 is 14.3 Å². The number of nitrogens with zero attached hydrogens (tertiary/aromatic N) is 1. The predicted octanol–water partition coefficient (Wildman–Crippen LogP) is 0.169. The van der Waals surface area contributed by atoms with Gasteiger partial charge in [0.25, 0.3) is 0 Å². The van der Waals surface area contributed by atoms with Crippen LogP contribution in [0.1, 0.15) is 19.8 Å². The van der Waals surface area contributed by atoms with Crippen LogP contribution in [-0.4, -0.2) is 35.5 Å². The van der Waals surface area contributed by atoms with E-state index in [0.717, 1.165) is 12.8 Å². The fourth-order valence-corrected chi connectivity index (χ4v) is 3.23. The molecule has 4 nitrogen and oxygen atoms in total. The van der Waals surface area contributed by atoms with E-state index >= 15 is 0 Å². The second kappa shape index (κ2) is 2.19. The molecule has 76 valence electrons. The molecule has 0 aromatic heterocycles. The van der Waals surface area contributed by atoms with Crippen molar-refractivity contribution >= 4 is 11.8 Å². The molecule has 2 bridgehead atoms. The van der Waals surface area contributed by atoms with Gasteiger partial charge in [-0.15, -0.1) is 0 Å². The Morgan fingerprint density at radius 2 is 2.14 bits per heavy atom. The zero-order valence-electron chi connectivity index (χ0n) is 8.32. The molecule has 4 heteroatoms. The van der Waals surface area contributed by atoms with Crippen LogP contribution in [0.25, 0.3) is 0 Å². The molecule has 0 N–H and O–H groups in total. The molecular weight excluding hydrogens is 182 g/mol. The lowest BCUT2D eigenvalue weighted by Crippen LogP contribution is -2.38. The van der Waals surface area contributed by atoms with Crippen LogP contribution < -0.4 is 0 Å². The van der Waals surface area contributed by atoms with Crippen LogP contribution in [0, 0.1) is 11.8 Å². The number of rotatable bonds is 0. The van der Waals surface area contributed by atoms with Crippen molar-refractivity contribution in [3.05, 3.63) is 0 Å². The largest absolute Gasteiger partial charge is 0.370 e. The molecule has 0 aromatic rings. The van der Waals surface area contributed by atoms with Crippen LogP contribution in [-0.2, 0) is 14.3 Å². The van der Waals surface area contributed by atoms with Gasteiger partial charge in [-0.25, -0.2) is 0 Å². The topological polar surface area (TPSA) is 46.6 Å². The van der Waals surface area contributed by atoms with Crippen molar-refractivity contribution in [3.63, 3.8) is 0 Å². The second-order valence-electron chi connectivity index (χ2n) is 4.75. The Morgan fingerprint density at radius 3 is 2.79 bits per heavy atom. The number of hydrogen-bond acceptors (Lipinski definition) is 3. The number of fused-ring (bicyclic) bond motifs is 5. The maximum absolute atomic E-state index is 11.8. The highest BCUT2D eigenvalue weighted by Gasteiger charge is 2.66. The molecule has 2 amide bonds. The SMILES string of the molecule is CN1C(=O)[C@H]2[C@H]3CC[C@@](C)(O3)[C@H]2C1=O. The van der Waals surface area contributed by atoms with E-state index in [1.54, 1.807) is 7.05 Å². The van der Waals surface area contributed by atoms with Crippen LogP contribution in [0.4, 0.5) is 0 Å². The Labute approximate surface area is 82.2 Å². The van der Waals surface area contributed by atoms with Gasteiger partial charge < -0.3 is 4.74 Å². The van der Waals surface area contributed by atoms with E-state index in [-0.39, 0.29) is 35.4 Å². The van der Waals surface area contributed by atoms with Crippen molar-refractivity contribution in [2.75, 3.05) is 7.05 Å². The maximum atomic E-state index is 11.8. The summed E-state index contributed by atoms with van der Waals surface area (Å²) in [7, 11) is 1.58. The quantitative estimate of drug-likeness (QED) is 0.517. The number of carbonyl (C=O) groups excluding carboxylic acids is 2. The summed E-state index contributed by atoms with van der Waals surface area (Å²) in [6.45, 7) is 1.96. The van der Waals surface area contributed by atoms with Gasteiger partial charge in [0.05, 0.1) is 23.5 Å². The molecule has 3 heterocycles. The normalized spacial score (nSPS) is 50.4. The van der Waals surface area contributed by atoms with E-state index in [9.17, 15) is 9.59 Å². The van der Waals surface area contributed by atoms with Gasteiger partial charge in [0, 0.05) is 7.05 Å². The van der Waals surface area contributed by atoms with E-state index in [1.807, 2.05) is 6.92 Å². The van der Waals surface area contributed by atoms with Crippen molar-refractivity contribution in [2.45, 2.75) is 31.5 Å². The monoisotopic (exact) mass is 195 g/mol. The van der Waals surface area contributed by atoms with Crippen LogP contribution in [0.15, 0.2) is 0 Å². The maximum Gasteiger partial charge on any atom is 0.235 e. The van der Waals surface area contributed by atoms with Crippen LogP contribution in [0.5, 0.6) is 0 Å². The lowest BCUT2D eigenvalue weighted by atomic mass is 9.74. The zero-order chi connectivity index (χ0) is 10.1. The molecular formula is C10H13NO3. The van der Waals surface area contributed by atoms with Crippen molar-refractivity contribution in [2.24, 2.45) is 11.8 Å². The van der Waals surface area contributed by atoms with Gasteiger partial charge in [-0.1, -0.05) is 0 Å². The smallest absolute Gasteiger partial charge is 0.235 e. The summed E-state index contributed by atoms with van der Waals surface area (Å²) in [5.41, 5.74) is -0.368. The lowest BCUT2D eigenvalue weighted by molar-refractivity contribution is -0.142. The predicted molar refractivity (Wildman–Crippen MR) is 47.3 cm³/mol. The summed E-state index contributed by atoms with van der Waals surface area (Å²) < 4.78 is 5.75. The molecule has 3 fully saturated rings. The van der Waals surface area contributed by atoms with Gasteiger partial charge in [-0.3, -0.25) is 14.5 Å². The average Bonchev–Trinajstić information content (AvgIpc) is 2.72. The molecule has 0 unspecified atom stereocenters. The van der Waals surface area contributed by atoms with Crippen molar-refractivity contribution in [1.82, 2.24) is 4.90 Å². The molecule has 0 spiro atoms. The molecule has 3 aliphatic heterocycles. The third-order valence-electron chi connectivity index (χ3n) is 3.98. The average molecular weight is 195 g/mol. The van der Waals surface area contributed by atoms with Crippen LogP contribution in [0.3, 0.4) is 0 Å². The number of amides is 2. The molecule has 4 atom stereocenters. The number of imide groups is 1. The minimum atomic E-state index is -0.368. The van der Waals surface area contributed by atoms with Gasteiger partial charge in [-0.05, 0) is 19.8 Å². The summed E-state index contributed by atoms with van der Waals surface area (Å²) in [6.07, 6.45) is 1.82. The fourth-order valence-electron chi connectivity index (χ4n) is 3.23. The summed E-state index contributed by atoms with van der Waals surface area (Å²) in [4.78, 5) is 24.8. The summed E-state index contributed by atoms with van der Waals surface area (Å²) in [5.74, 6) is -0.497. The summed E-state index contributed by atoms with van der Waals surface area (Å²) >= 11 is 0. The van der Waals surface area contributed by atoms with E-state index < -0.39 is 0 Å². The Hall–Kier alpha value is -0.900. The van der Waals surface area contributed by atoms with Crippen molar-refractivity contribution in [1.29, 1.82) is 0 Å². The summed E-state index contributed by atoms with van der Waals surface area (Å²) in [5, 5.41) is 0. The molecule has 0 aliphatic carbocycles. The molecule has 0 saturated carbocycles. The van der Waals surface area contributed by atoms with E-state index in [0.29, 0.717) is 0 Å². The Bertz CT molecular complexity index is 340. The van der Waals surface area contributed by atoms with Gasteiger partial charge >= 0.3 is 0 Å². The van der Waals surface area contributed by atoms with Gasteiger partial charge in [-0.2, -0.15) is 0 Å². The number of likely N-dealkylation sites (tertiary alicyclic amines) is 1. The molecule has 3 saturated heterocycles. The Morgan fingerprint density at radius 1 is 1.43 bits per heavy atom. The fraction of sp³-hybridized carbons (Fsp3) is 0.800. The highest BCUT2D eigenvalue weighted by Crippen LogP contribution is 2.54. The highest BCUT2D eigenvalue weighted by molar-refractivity contribution is 6.06. The first-order chi connectivity index (χ1) is 6.54. The third-order valence-corrected chi connectivity index (χ3v) is 3.98. The molecule has 0 radical (unpaired) electrons. The Kier molecular flexibility index (Phi) is 1.31. The van der Waals surface area contributed by atoms with Crippen molar-refractivity contribution in [3.8, 4) is 0 Å². The molecule has 3 rings (SSSR count). The number of hydrogen-bond donors (Lipinski definition) is 0. The minimum Gasteiger partial charge on any atom is -0.370 e. The zero-order valence-corrected chi connectivity index (χ0v) is 8.32. The first-order valence-electron chi connectivity index (χ1n) is 5.04. The standard InChI is InChI=1S/C10H13NO3/c1-10-4-3-5(14-10)6-7(10)9(13)11(2)8(6)12/h5-7H,3-4H2,1-2H3/t5-,6+,7-,10-/m1/s1. The van der Waals surface area contributed by atoms with Gasteiger partial charge in [0.15, 0.2) is 0 Å². The van der Waals surface area contributed by atoms with Crippen LogP contribution in [0.2, 0.25) is 0 Å². The first kappa shape index (κ1) is 8.41. The number of ether oxygens (including phenoxy) is 1. The van der Waals surface area contributed by atoms with E-state index in [2.05, 4.69) is 0 Å². The highest BCUT2D eigenvalue weighted by atomic mass is 16.5. The number of carbonyl (C=O) groups is 2. The van der Waals surface area contributed by atoms with E-state index in [4.69, 9.17) is 4.74 Å². The van der Waals surface area contributed by atoms with Gasteiger partial charge in [0.1, 0.15) is 0 Å². The molecule has 14 heavy (non-hydrogen) atoms. The molecule has 0 aromatic carbocycles. The second-order valence-corrected chi connectivity index (χ2v) is 4.75. The summed E-state index contributed by atoms with van der Waals surface area (Å²) in [6, 6.07) is 0. The minimum absolute atomic E-state index is 0.00796.